The molecule has 0 aromatic carbocycles. The maximum absolute atomic E-state index is 12.2. The molecule has 10 heteroatoms. The van der Waals surface area contributed by atoms with Crippen LogP contribution in [0.3, 0.4) is 0 Å². The first-order valence-electron chi connectivity index (χ1n) is 11.1. The van der Waals surface area contributed by atoms with Crippen LogP contribution >= 0.6 is 11.3 Å². The number of aromatic amines is 1. The number of thiophene rings is 1. The van der Waals surface area contributed by atoms with Crippen molar-refractivity contribution in [2.24, 2.45) is 17.8 Å². The minimum Gasteiger partial charge on any atom is -0.483 e. The van der Waals surface area contributed by atoms with Gasteiger partial charge in [0, 0.05) is 26.6 Å². The van der Waals surface area contributed by atoms with Gasteiger partial charge in [0.2, 0.25) is 5.91 Å². The standard InChI is InChI=1S/C21H28N4O3S.CH2O2/c1-12(26)22-17-6-14-8-25(9-15(14)7-18(17)28-11-13-2-3-13)10-19-23-16-4-5-29-20(16)21(27)24-19;2-1-3/h4-5,13-15,17-18H,2-3,6-11H2,1H3,(H,22,26)(H,23,24,27);1H,(H,2,3)/t14-,15+,17-,18-;/m1./s1. The van der Waals surface area contributed by atoms with Crippen molar-refractivity contribution >= 4 is 33.9 Å². The summed E-state index contributed by atoms with van der Waals surface area (Å²) in [4.78, 5) is 42.3. The zero-order valence-corrected chi connectivity index (χ0v) is 19.0. The molecule has 1 saturated heterocycles. The molecule has 5 rings (SSSR count). The molecule has 0 spiro atoms. The quantitative estimate of drug-likeness (QED) is 0.559. The van der Waals surface area contributed by atoms with Gasteiger partial charge in [-0.3, -0.25) is 19.3 Å². The number of aromatic nitrogens is 2. The van der Waals surface area contributed by atoms with Gasteiger partial charge in [-0.2, -0.15) is 0 Å². The van der Waals surface area contributed by atoms with Crippen molar-refractivity contribution in [1.29, 1.82) is 0 Å². The molecule has 9 nitrogen and oxygen atoms in total. The van der Waals surface area contributed by atoms with Gasteiger partial charge in [0.25, 0.3) is 12.0 Å². The first-order chi connectivity index (χ1) is 15.5. The molecule has 0 bridgehead atoms. The van der Waals surface area contributed by atoms with Crippen molar-refractivity contribution in [3.05, 3.63) is 27.6 Å². The Morgan fingerprint density at radius 2 is 2.09 bits per heavy atom. The molecular formula is C22H30N4O5S. The first-order valence-corrected chi connectivity index (χ1v) is 12.0. The Kier molecular flexibility index (Phi) is 7.22. The summed E-state index contributed by atoms with van der Waals surface area (Å²) in [5.41, 5.74) is 0.737. The average Bonchev–Trinajstić information content (AvgIpc) is 3.29. The Morgan fingerprint density at radius 3 is 2.78 bits per heavy atom. The lowest BCUT2D eigenvalue weighted by Gasteiger charge is -2.38. The molecular weight excluding hydrogens is 432 g/mol. The van der Waals surface area contributed by atoms with E-state index in [0.29, 0.717) is 23.1 Å². The summed E-state index contributed by atoms with van der Waals surface area (Å²) in [5, 5.41) is 11.9. The van der Waals surface area contributed by atoms with Gasteiger partial charge >= 0.3 is 0 Å². The Bertz CT molecular complexity index is 1000. The summed E-state index contributed by atoms with van der Waals surface area (Å²) in [6.07, 6.45) is 4.62. The third-order valence-corrected chi connectivity index (χ3v) is 7.46. The number of nitrogens with zero attached hydrogens (tertiary/aromatic N) is 2. The van der Waals surface area contributed by atoms with Crippen molar-refractivity contribution in [3.8, 4) is 0 Å². The second-order valence-corrected chi connectivity index (χ2v) is 9.98. The van der Waals surface area contributed by atoms with Gasteiger partial charge in [0.05, 0.1) is 24.2 Å². The van der Waals surface area contributed by atoms with Crippen molar-refractivity contribution in [3.63, 3.8) is 0 Å². The molecule has 1 aliphatic heterocycles. The lowest BCUT2D eigenvalue weighted by molar-refractivity contribution is -0.123. The second kappa shape index (κ2) is 10.1. The minimum atomic E-state index is -0.250. The van der Waals surface area contributed by atoms with Crippen LogP contribution in [0.25, 0.3) is 10.2 Å². The third-order valence-electron chi connectivity index (χ3n) is 6.56. The normalized spacial score (nSPS) is 27.4. The van der Waals surface area contributed by atoms with Crippen LogP contribution in [0.15, 0.2) is 16.2 Å². The average molecular weight is 463 g/mol. The number of likely N-dealkylation sites (tertiary alicyclic amines) is 1. The molecule has 3 heterocycles. The number of hydrogen-bond donors (Lipinski definition) is 3. The molecule has 1 amide bonds. The number of amides is 1. The minimum absolute atomic E-state index is 0.0224. The number of fused-ring (bicyclic) bond motifs is 2. The van der Waals surface area contributed by atoms with E-state index in [-0.39, 0.29) is 30.1 Å². The molecule has 3 N–H and O–H groups in total. The molecule has 2 aromatic heterocycles. The fourth-order valence-corrected chi connectivity index (χ4v) is 5.71. The van der Waals surface area contributed by atoms with Crippen molar-refractivity contribution in [2.75, 3.05) is 19.7 Å². The van der Waals surface area contributed by atoms with Crippen LogP contribution in [0.2, 0.25) is 0 Å². The lowest BCUT2D eigenvalue weighted by atomic mass is 9.77. The number of nitrogens with one attached hydrogen (secondary N) is 2. The van der Waals surface area contributed by atoms with E-state index in [4.69, 9.17) is 14.6 Å². The van der Waals surface area contributed by atoms with Gasteiger partial charge in [-0.25, -0.2) is 4.98 Å². The van der Waals surface area contributed by atoms with E-state index in [0.717, 1.165) is 49.8 Å². The van der Waals surface area contributed by atoms with E-state index >= 15 is 0 Å². The van der Waals surface area contributed by atoms with E-state index in [1.54, 1.807) is 6.92 Å². The maximum atomic E-state index is 12.2. The monoisotopic (exact) mass is 462 g/mol. The molecule has 32 heavy (non-hydrogen) atoms. The predicted molar refractivity (Wildman–Crippen MR) is 120 cm³/mol. The first kappa shape index (κ1) is 22.9. The Morgan fingerprint density at radius 1 is 1.38 bits per heavy atom. The van der Waals surface area contributed by atoms with E-state index < -0.39 is 0 Å². The molecule has 2 saturated carbocycles. The number of H-pyrrole nitrogens is 1. The highest BCUT2D eigenvalue weighted by atomic mass is 32.1. The molecule has 0 unspecified atom stereocenters. The zero-order valence-electron chi connectivity index (χ0n) is 18.2. The number of rotatable bonds is 6. The summed E-state index contributed by atoms with van der Waals surface area (Å²) in [6.45, 7) is 4.79. The van der Waals surface area contributed by atoms with Gasteiger partial charge in [0.15, 0.2) is 0 Å². The number of ether oxygens (including phenoxy) is 1. The molecule has 3 aliphatic rings. The highest BCUT2D eigenvalue weighted by Gasteiger charge is 2.43. The highest BCUT2D eigenvalue weighted by molar-refractivity contribution is 7.17. The molecule has 0 radical (unpaired) electrons. The van der Waals surface area contributed by atoms with Gasteiger partial charge in [-0.05, 0) is 54.9 Å². The molecule has 3 fully saturated rings. The summed E-state index contributed by atoms with van der Waals surface area (Å²) in [7, 11) is 0. The largest absolute Gasteiger partial charge is 0.483 e. The lowest BCUT2D eigenvalue weighted by Crippen LogP contribution is -2.50. The number of hydrogen-bond acceptors (Lipinski definition) is 7. The van der Waals surface area contributed by atoms with Crippen molar-refractivity contribution < 1.29 is 19.4 Å². The van der Waals surface area contributed by atoms with Crippen LogP contribution in [0.4, 0.5) is 0 Å². The Labute approximate surface area is 190 Å². The van der Waals surface area contributed by atoms with Crippen LogP contribution in [0.1, 0.15) is 38.4 Å². The van der Waals surface area contributed by atoms with Gasteiger partial charge < -0.3 is 20.1 Å². The van der Waals surface area contributed by atoms with Crippen LogP contribution < -0.4 is 10.9 Å². The number of carbonyl (C=O) groups excluding carboxylic acids is 1. The topological polar surface area (TPSA) is 125 Å². The Hall–Kier alpha value is -2.30. The maximum Gasteiger partial charge on any atom is 0.290 e. The van der Waals surface area contributed by atoms with Crippen molar-refractivity contribution in [2.45, 2.75) is 51.3 Å². The number of carbonyl (C=O) groups is 2. The van der Waals surface area contributed by atoms with Crippen LogP contribution in [0, 0.1) is 17.8 Å². The smallest absolute Gasteiger partial charge is 0.290 e. The van der Waals surface area contributed by atoms with Crippen LogP contribution in [-0.2, 0) is 20.9 Å². The summed E-state index contributed by atoms with van der Waals surface area (Å²) in [5.74, 6) is 2.60. The fourth-order valence-electron chi connectivity index (χ4n) is 4.99. The van der Waals surface area contributed by atoms with Gasteiger partial charge in [-0.15, -0.1) is 11.3 Å². The van der Waals surface area contributed by atoms with Crippen LogP contribution in [-0.4, -0.2) is 64.2 Å². The van der Waals surface area contributed by atoms with Crippen LogP contribution in [0.5, 0.6) is 0 Å². The molecule has 4 atom stereocenters. The molecule has 174 valence electrons. The predicted octanol–water partition coefficient (Wildman–Crippen LogP) is 1.83. The number of carboxylic acid groups (broad SMARTS) is 1. The van der Waals surface area contributed by atoms with E-state index in [2.05, 4.69) is 20.2 Å². The SMILES string of the molecule is CC(=O)N[C@@H]1C[C@@H]2CN(Cc3nc4ccsc4c(=O)[nH]3)C[C@@H]2C[C@H]1OCC1CC1.O=CO. The molecule has 2 aliphatic carbocycles. The second-order valence-electron chi connectivity index (χ2n) is 9.06. The van der Waals surface area contributed by atoms with E-state index in [9.17, 15) is 9.59 Å². The summed E-state index contributed by atoms with van der Waals surface area (Å²) < 4.78 is 6.94. The van der Waals surface area contributed by atoms with Crippen molar-refractivity contribution in [1.82, 2.24) is 20.2 Å². The fraction of sp³-hybridized carbons (Fsp3) is 0.636. The third kappa shape index (κ3) is 5.54. The van der Waals surface area contributed by atoms with Gasteiger partial charge in [0.1, 0.15) is 10.5 Å². The zero-order chi connectivity index (χ0) is 22.7. The Balaban J connectivity index is 0.000000775. The highest BCUT2D eigenvalue weighted by Crippen LogP contribution is 2.39. The van der Waals surface area contributed by atoms with E-state index in [1.165, 1.54) is 24.2 Å². The van der Waals surface area contributed by atoms with Gasteiger partial charge in [-0.1, -0.05) is 0 Å². The molecule has 2 aromatic rings. The van der Waals surface area contributed by atoms with E-state index in [1.807, 2.05) is 11.4 Å². The summed E-state index contributed by atoms with van der Waals surface area (Å²) >= 11 is 1.43. The summed E-state index contributed by atoms with van der Waals surface area (Å²) in [6, 6.07) is 2.01.